The highest BCUT2D eigenvalue weighted by Gasteiger charge is 2.23. The minimum absolute atomic E-state index is 0.226. The first-order valence-corrected chi connectivity index (χ1v) is 7.21. The molecule has 1 amide bonds. The number of amides is 1. The van der Waals surface area contributed by atoms with E-state index in [1.165, 1.54) is 22.8 Å². The molecule has 2 aromatic heterocycles. The first-order valence-electron chi connectivity index (χ1n) is 7.21. The minimum atomic E-state index is -0.314. The van der Waals surface area contributed by atoms with Crippen molar-refractivity contribution in [3.05, 3.63) is 59.8 Å². The van der Waals surface area contributed by atoms with Crippen LogP contribution < -0.4 is 10.1 Å². The first kappa shape index (κ1) is 13.7. The number of carbonyl (C=O) groups is 1. The van der Waals surface area contributed by atoms with E-state index in [-0.39, 0.29) is 17.8 Å². The molecule has 6 nitrogen and oxygen atoms in total. The van der Waals surface area contributed by atoms with Gasteiger partial charge in [-0.15, -0.1) is 0 Å². The zero-order valence-electron chi connectivity index (χ0n) is 12.1. The molecule has 1 aliphatic heterocycles. The molecule has 1 aliphatic rings. The van der Waals surface area contributed by atoms with E-state index < -0.39 is 0 Å². The summed E-state index contributed by atoms with van der Waals surface area (Å²) < 4.78 is 20.4. The van der Waals surface area contributed by atoms with Crippen molar-refractivity contribution in [2.24, 2.45) is 0 Å². The van der Waals surface area contributed by atoms with Gasteiger partial charge in [0.25, 0.3) is 5.91 Å². The highest BCUT2D eigenvalue weighted by Crippen LogP contribution is 2.25. The molecule has 1 unspecified atom stereocenters. The lowest BCUT2D eigenvalue weighted by Gasteiger charge is -2.25. The van der Waals surface area contributed by atoms with Gasteiger partial charge in [-0.3, -0.25) is 4.79 Å². The van der Waals surface area contributed by atoms with Gasteiger partial charge in [-0.2, -0.15) is 5.10 Å². The van der Waals surface area contributed by atoms with Crippen molar-refractivity contribution < 1.29 is 13.9 Å². The molecule has 0 radical (unpaired) electrons. The monoisotopic (exact) mass is 312 g/mol. The third-order valence-electron chi connectivity index (χ3n) is 3.79. The van der Waals surface area contributed by atoms with E-state index in [0.717, 1.165) is 5.56 Å². The van der Waals surface area contributed by atoms with Crippen molar-refractivity contribution in [3.63, 3.8) is 0 Å². The first-order chi connectivity index (χ1) is 11.2. The Morgan fingerprint density at radius 1 is 1.43 bits per heavy atom. The fraction of sp³-hybridized carbons (Fsp3) is 0.188. The molecule has 0 bridgehead atoms. The molecule has 3 aromatic rings. The molecule has 116 valence electrons. The topological polar surface area (TPSA) is 68.5 Å². The van der Waals surface area contributed by atoms with Crippen LogP contribution in [0.1, 0.15) is 15.9 Å². The van der Waals surface area contributed by atoms with E-state index in [1.807, 2.05) is 0 Å². The highest BCUT2D eigenvalue weighted by atomic mass is 19.1. The Balaban J connectivity index is 1.53. The number of fused-ring (bicyclic) bond motifs is 2. The molecule has 0 fully saturated rings. The van der Waals surface area contributed by atoms with Gasteiger partial charge in [-0.1, -0.05) is 0 Å². The van der Waals surface area contributed by atoms with Crippen molar-refractivity contribution in [2.45, 2.75) is 12.5 Å². The zero-order chi connectivity index (χ0) is 15.8. The lowest BCUT2D eigenvalue weighted by Crippen LogP contribution is -2.42. The van der Waals surface area contributed by atoms with E-state index in [2.05, 4.69) is 15.4 Å². The molecule has 4 rings (SSSR count). The van der Waals surface area contributed by atoms with Gasteiger partial charge in [-0.05, 0) is 36.2 Å². The van der Waals surface area contributed by atoms with Gasteiger partial charge in [0, 0.05) is 12.4 Å². The summed E-state index contributed by atoms with van der Waals surface area (Å²) in [5.74, 6) is 0.0767. The fourth-order valence-electron chi connectivity index (χ4n) is 2.71. The normalized spacial score (nSPS) is 16.7. The highest BCUT2D eigenvalue weighted by molar-refractivity contribution is 5.99. The Labute approximate surface area is 130 Å². The summed E-state index contributed by atoms with van der Waals surface area (Å²) in [6.07, 6.45) is 5.33. The van der Waals surface area contributed by atoms with Gasteiger partial charge in [0.15, 0.2) is 5.65 Å². The Morgan fingerprint density at radius 3 is 3.26 bits per heavy atom. The lowest BCUT2D eigenvalue weighted by atomic mass is 10.0. The smallest absolute Gasteiger partial charge is 0.257 e. The van der Waals surface area contributed by atoms with Crippen LogP contribution in [0.3, 0.4) is 0 Å². The van der Waals surface area contributed by atoms with Gasteiger partial charge in [-0.25, -0.2) is 13.9 Å². The van der Waals surface area contributed by atoms with Crippen LogP contribution in [0.25, 0.3) is 5.65 Å². The molecule has 0 spiro atoms. The predicted octanol–water partition coefficient (Wildman–Crippen LogP) is 1.60. The Morgan fingerprint density at radius 2 is 2.35 bits per heavy atom. The Kier molecular flexibility index (Phi) is 3.18. The number of nitrogens with one attached hydrogen (secondary N) is 1. The summed E-state index contributed by atoms with van der Waals surface area (Å²) >= 11 is 0. The summed E-state index contributed by atoms with van der Waals surface area (Å²) in [5.41, 5.74) is 1.64. The second kappa shape index (κ2) is 5.35. The van der Waals surface area contributed by atoms with Crippen LogP contribution in [0, 0.1) is 5.82 Å². The quantitative estimate of drug-likeness (QED) is 0.780. The number of nitrogens with zero attached hydrogens (tertiary/aromatic N) is 3. The maximum absolute atomic E-state index is 13.3. The van der Waals surface area contributed by atoms with Gasteiger partial charge < -0.3 is 10.1 Å². The number of halogens is 1. The molecule has 0 saturated carbocycles. The Bertz CT molecular complexity index is 893. The van der Waals surface area contributed by atoms with Gasteiger partial charge in [0.1, 0.15) is 23.7 Å². The number of benzene rings is 1. The maximum atomic E-state index is 13.3. The second-order valence-corrected chi connectivity index (χ2v) is 5.38. The van der Waals surface area contributed by atoms with Crippen molar-refractivity contribution in [1.29, 1.82) is 0 Å². The number of hydrogen-bond donors (Lipinski definition) is 1. The van der Waals surface area contributed by atoms with E-state index in [9.17, 15) is 9.18 Å². The average Bonchev–Trinajstić information content (AvgIpc) is 2.98. The van der Waals surface area contributed by atoms with Gasteiger partial charge in [0.05, 0.1) is 12.2 Å². The van der Waals surface area contributed by atoms with Gasteiger partial charge in [0.2, 0.25) is 0 Å². The molecule has 1 atom stereocenters. The standard InChI is InChI=1S/C16H13FN4O2/c17-11-2-3-14-10(6-11)7-12(9-23-14)20-16(22)13-8-19-21-5-1-4-18-15(13)21/h1-6,8,12H,7,9H2,(H,20,22). The predicted molar refractivity (Wildman–Crippen MR) is 79.8 cm³/mol. The molecule has 3 heterocycles. The summed E-state index contributed by atoms with van der Waals surface area (Å²) in [6, 6.07) is 5.92. The molecule has 0 saturated heterocycles. The number of ether oxygens (including phenoxy) is 1. The number of carbonyl (C=O) groups excluding carboxylic acids is 1. The van der Waals surface area contributed by atoms with Crippen LogP contribution in [0.5, 0.6) is 5.75 Å². The third-order valence-corrected chi connectivity index (χ3v) is 3.79. The molecular formula is C16H13FN4O2. The maximum Gasteiger partial charge on any atom is 0.257 e. The van der Waals surface area contributed by atoms with Crippen molar-refractivity contribution in [2.75, 3.05) is 6.61 Å². The molecule has 1 aromatic carbocycles. The summed E-state index contributed by atoms with van der Waals surface area (Å²) in [4.78, 5) is 16.6. The SMILES string of the molecule is O=C(NC1COc2ccc(F)cc2C1)c1cnn2cccnc12. The average molecular weight is 312 g/mol. The van der Waals surface area contributed by atoms with Gasteiger partial charge >= 0.3 is 0 Å². The molecule has 0 aliphatic carbocycles. The summed E-state index contributed by atoms with van der Waals surface area (Å²) in [6.45, 7) is 0.344. The van der Waals surface area contributed by atoms with Crippen LogP contribution in [0.2, 0.25) is 0 Å². The Hall–Kier alpha value is -2.96. The van der Waals surface area contributed by atoms with E-state index in [1.54, 1.807) is 24.5 Å². The molecule has 23 heavy (non-hydrogen) atoms. The summed E-state index contributed by atoms with van der Waals surface area (Å²) in [5, 5.41) is 6.99. The minimum Gasteiger partial charge on any atom is -0.491 e. The van der Waals surface area contributed by atoms with E-state index in [0.29, 0.717) is 30.0 Å². The fourth-order valence-corrected chi connectivity index (χ4v) is 2.71. The second-order valence-electron chi connectivity index (χ2n) is 5.38. The van der Waals surface area contributed by atoms with Crippen molar-refractivity contribution in [1.82, 2.24) is 19.9 Å². The van der Waals surface area contributed by atoms with Crippen LogP contribution in [-0.2, 0) is 6.42 Å². The van der Waals surface area contributed by atoms with Crippen molar-refractivity contribution >= 4 is 11.6 Å². The zero-order valence-corrected chi connectivity index (χ0v) is 12.1. The van der Waals surface area contributed by atoms with E-state index >= 15 is 0 Å². The van der Waals surface area contributed by atoms with E-state index in [4.69, 9.17) is 4.74 Å². The summed E-state index contributed by atoms with van der Waals surface area (Å²) in [7, 11) is 0. The van der Waals surface area contributed by atoms with Crippen LogP contribution in [0.15, 0.2) is 42.9 Å². The number of aromatic nitrogens is 3. The number of rotatable bonds is 2. The largest absolute Gasteiger partial charge is 0.491 e. The number of hydrogen-bond acceptors (Lipinski definition) is 4. The lowest BCUT2D eigenvalue weighted by molar-refractivity contribution is 0.0917. The van der Waals surface area contributed by atoms with Crippen LogP contribution >= 0.6 is 0 Å². The molecule has 7 heteroatoms. The molecule has 1 N–H and O–H groups in total. The molecular weight excluding hydrogens is 299 g/mol. The van der Waals surface area contributed by atoms with Crippen LogP contribution in [-0.4, -0.2) is 33.2 Å². The van der Waals surface area contributed by atoms with Crippen LogP contribution in [0.4, 0.5) is 4.39 Å². The van der Waals surface area contributed by atoms with Crippen molar-refractivity contribution in [3.8, 4) is 5.75 Å². The third kappa shape index (κ3) is 2.50.